The highest BCUT2D eigenvalue weighted by atomic mass is 32.2. The number of nitrogens with two attached hydrogens (primary N) is 1. The van der Waals surface area contributed by atoms with E-state index in [1.165, 1.54) is 21.2 Å². The molecule has 3 heterocycles. The van der Waals surface area contributed by atoms with E-state index >= 15 is 0 Å². The van der Waals surface area contributed by atoms with Crippen molar-refractivity contribution < 1.29 is 22.5 Å². The fourth-order valence-corrected chi connectivity index (χ4v) is 4.56. The average Bonchev–Trinajstić information content (AvgIpc) is 2.70. The van der Waals surface area contributed by atoms with Crippen molar-refractivity contribution >= 4 is 32.3 Å². The first-order chi connectivity index (χ1) is 13.8. The molecule has 29 heavy (non-hydrogen) atoms. The minimum atomic E-state index is -4.16. The third-order valence-corrected chi connectivity index (χ3v) is 6.36. The lowest BCUT2D eigenvalue weighted by atomic mass is 10.3. The Morgan fingerprint density at radius 3 is 2.59 bits per heavy atom. The van der Waals surface area contributed by atoms with Crippen molar-refractivity contribution in [1.29, 1.82) is 0 Å². The predicted octanol–water partition coefficient (Wildman–Crippen LogP) is 0.682. The summed E-state index contributed by atoms with van der Waals surface area (Å²) in [6.07, 6.45) is 1.52. The topological polar surface area (TPSA) is 119 Å². The van der Waals surface area contributed by atoms with Gasteiger partial charge < -0.3 is 10.8 Å². The summed E-state index contributed by atoms with van der Waals surface area (Å²) in [6.45, 7) is -0.412. The van der Waals surface area contributed by atoms with E-state index < -0.39 is 21.2 Å². The maximum Gasteiger partial charge on any atom is 0.278 e. The number of fused-ring (bicyclic) bond motifs is 2. The number of pyridine rings is 2. The standard InChI is InChI=1S/C19H15FN4O4S/c20-12-4-6-13(7-5-12)29(27,28)15-11-14-18(24(9-10-25)17(15)21)22-16-3-1-2-8-23(16)19(14)26/h1-8,11,21,25H,9-10H2/p+1. The number of sulfone groups is 1. The van der Waals surface area contributed by atoms with Crippen LogP contribution in [0.15, 0.2) is 69.3 Å². The van der Waals surface area contributed by atoms with Gasteiger partial charge in [0.25, 0.3) is 11.2 Å². The zero-order chi connectivity index (χ0) is 20.8. The molecule has 0 atom stereocenters. The molecule has 0 fully saturated rings. The second kappa shape index (κ2) is 6.90. The Morgan fingerprint density at radius 2 is 1.90 bits per heavy atom. The number of nitrogen functional groups attached to an aromatic ring is 1. The molecule has 148 valence electrons. The molecule has 1 aromatic carbocycles. The summed E-state index contributed by atoms with van der Waals surface area (Å²) in [7, 11) is -4.16. The number of hydrogen-bond acceptors (Lipinski definition) is 6. The number of hydrogen-bond donors (Lipinski definition) is 2. The molecule has 0 aliphatic heterocycles. The molecule has 0 amide bonds. The number of benzene rings is 1. The summed E-state index contributed by atoms with van der Waals surface area (Å²) in [6, 6.07) is 10.4. The van der Waals surface area contributed by atoms with Gasteiger partial charge >= 0.3 is 0 Å². The van der Waals surface area contributed by atoms with Crippen LogP contribution in [-0.4, -0.2) is 29.5 Å². The number of aromatic nitrogens is 3. The second-order valence-corrected chi connectivity index (χ2v) is 8.23. The van der Waals surface area contributed by atoms with Crippen molar-refractivity contribution in [2.24, 2.45) is 0 Å². The summed E-state index contributed by atoms with van der Waals surface area (Å²) in [4.78, 5) is 16.9. The van der Waals surface area contributed by atoms with Crippen LogP contribution in [0.2, 0.25) is 0 Å². The van der Waals surface area contributed by atoms with Gasteiger partial charge in [-0.2, -0.15) is 0 Å². The van der Waals surface area contributed by atoms with Crippen molar-refractivity contribution in [3.05, 3.63) is 70.9 Å². The van der Waals surface area contributed by atoms with Gasteiger partial charge in [0, 0.05) is 6.20 Å². The van der Waals surface area contributed by atoms with Crippen LogP contribution < -0.4 is 15.9 Å². The van der Waals surface area contributed by atoms with E-state index in [9.17, 15) is 22.7 Å². The molecule has 0 aliphatic carbocycles. The quantitative estimate of drug-likeness (QED) is 0.287. The minimum absolute atomic E-state index is 0.0250. The fraction of sp³-hybridized carbons (Fsp3) is 0.105. The molecule has 0 spiro atoms. The molecular formula is C19H16FN4O4S+. The van der Waals surface area contributed by atoms with Crippen LogP contribution in [0.25, 0.3) is 16.7 Å². The Hall–Kier alpha value is -3.37. The fourth-order valence-electron chi connectivity index (χ4n) is 3.16. The zero-order valence-corrected chi connectivity index (χ0v) is 15.8. The largest absolute Gasteiger partial charge is 0.393 e. The first-order valence-corrected chi connectivity index (χ1v) is 10.1. The lowest BCUT2D eigenvalue weighted by Gasteiger charge is -2.12. The Kier molecular flexibility index (Phi) is 4.52. The number of aliphatic hydroxyl groups excluding tert-OH is 1. The molecular weight excluding hydrogens is 399 g/mol. The third-order valence-electron chi connectivity index (χ3n) is 4.56. The first kappa shape index (κ1) is 19.0. The van der Waals surface area contributed by atoms with Gasteiger partial charge in [-0.05, 0) is 42.5 Å². The van der Waals surface area contributed by atoms with Gasteiger partial charge in [-0.1, -0.05) is 11.1 Å². The molecule has 3 N–H and O–H groups in total. The highest BCUT2D eigenvalue weighted by Gasteiger charge is 2.29. The Bertz CT molecular complexity index is 1420. The molecule has 0 saturated carbocycles. The summed E-state index contributed by atoms with van der Waals surface area (Å²) in [5, 5.41) is 9.47. The Morgan fingerprint density at radius 1 is 1.17 bits per heavy atom. The minimum Gasteiger partial charge on any atom is -0.393 e. The van der Waals surface area contributed by atoms with Crippen LogP contribution >= 0.6 is 0 Å². The third kappa shape index (κ3) is 3.02. The lowest BCUT2D eigenvalue weighted by Crippen LogP contribution is -2.43. The van der Waals surface area contributed by atoms with Gasteiger partial charge in [-0.25, -0.2) is 17.4 Å². The summed E-state index contributed by atoms with van der Waals surface area (Å²) in [5.74, 6) is -0.761. The number of nitrogens with zero attached hydrogens (tertiary/aromatic N) is 3. The van der Waals surface area contributed by atoms with Crippen molar-refractivity contribution in [1.82, 2.24) is 9.38 Å². The van der Waals surface area contributed by atoms with Gasteiger partial charge in [0.1, 0.15) is 16.1 Å². The molecule has 10 heteroatoms. The molecule has 0 aliphatic rings. The maximum atomic E-state index is 13.2. The second-order valence-electron chi connectivity index (χ2n) is 6.31. The molecule has 3 aromatic heterocycles. The van der Waals surface area contributed by atoms with Crippen LogP contribution in [-0.2, 0) is 16.4 Å². The molecule has 0 radical (unpaired) electrons. The highest BCUT2D eigenvalue weighted by Crippen LogP contribution is 2.26. The number of halogens is 1. The van der Waals surface area contributed by atoms with Gasteiger partial charge in [-0.15, -0.1) is 0 Å². The SMILES string of the molecule is Nc1c(S(=O)(=O)c2ccc(F)cc2)cc2c(=O)n3ccccc3nc2[n+]1CCO. The lowest BCUT2D eigenvalue weighted by molar-refractivity contribution is -0.661. The average molecular weight is 415 g/mol. The van der Waals surface area contributed by atoms with Crippen molar-refractivity contribution in [3.8, 4) is 0 Å². The summed E-state index contributed by atoms with van der Waals surface area (Å²) >= 11 is 0. The van der Waals surface area contributed by atoms with Crippen LogP contribution in [0.1, 0.15) is 0 Å². The number of rotatable bonds is 4. The molecule has 0 unspecified atom stereocenters. The molecule has 8 nitrogen and oxygen atoms in total. The van der Waals surface area contributed by atoms with Crippen LogP contribution in [0.4, 0.5) is 10.2 Å². The summed E-state index contributed by atoms with van der Waals surface area (Å²) in [5.41, 5.74) is 6.16. The van der Waals surface area contributed by atoms with E-state index in [1.54, 1.807) is 18.2 Å². The van der Waals surface area contributed by atoms with Crippen molar-refractivity contribution in [2.75, 3.05) is 12.3 Å². The van der Waals surface area contributed by atoms with Crippen molar-refractivity contribution in [2.45, 2.75) is 16.3 Å². The molecule has 4 rings (SSSR count). The van der Waals surface area contributed by atoms with Gasteiger partial charge in [0.2, 0.25) is 21.3 Å². The number of anilines is 1. The van der Waals surface area contributed by atoms with E-state index in [2.05, 4.69) is 4.98 Å². The van der Waals surface area contributed by atoms with Crippen molar-refractivity contribution in [3.63, 3.8) is 0 Å². The Balaban J connectivity index is 2.11. The van der Waals surface area contributed by atoms with Crippen LogP contribution in [0.3, 0.4) is 0 Å². The van der Waals surface area contributed by atoms with E-state index in [1.807, 2.05) is 0 Å². The Labute approximate surface area is 164 Å². The van der Waals surface area contributed by atoms with Gasteiger partial charge in [0.05, 0.1) is 18.0 Å². The van der Waals surface area contributed by atoms with E-state index in [-0.39, 0.29) is 39.8 Å². The summed E-state index contributed by atoms with van der Waals surface area (Å²) < 4.78 is 42.1. The van der Waals surface area contributed by atoms with Gasteiger partial charge in [-0.3, -0.25) is 9.20 Å². The monoisotopic (exact) mass is 415 g/mol. The van der Waals surface area contributed by atoms with Crippen LogP contribution in [0, 0.1) is 5.82 Å². The van der Waals surface area contributed by atoms with Crippen LogP contribution in [0.5, 0.6) is 0 Å². The van der Waals surface area contributed by atoms with Gasteiger partial charge in [0.15, 0.2) is 0 Å². The van der Waals surface area contributed by atoms with E-state index in [4.69, 9.17) is 5.73 Å². The normalized spacial score (nSPS) is 11.9. The zero-order valence-electron chi connectivity index (χ0n) is 15.0. The highest BCUT2D eigenvalue weighted by molar-refractivity contribution is 7.91. The van der Waals surface area contributed by atoms with E-state index in [0.717, 1.165) is 24.3 Å². The first-order valence-electron chi connectivity index (χ1n) is 8.59. The molecule has 0 bridgehead atoms. The smallest absolute Gasteiger partial charge is 0.278 e. The maximum absolute atomic E-state index is 13.2. The van der Waals surface area contributed by atoms with E-state index in [0.29, 0.717) is 5.65 Å². The molecule has 4 aromatic rings. The number of aliphatic hydroxyl groups is 1. The predicted molar refractivity (Wildman–Crippen MR) is 103 cm³/mol. The molecule has 0 saturated heterocycles.